The van der Waals surface area contributed by atoms with Gasteiger partial charge in [-0.3, -0.25) is 0 Å². The number of hydrogen-bond acceptors (Lipinski definition) is 5. The second kappa shape index (κ2) is 8.66. The van der Waals surface area contributed by atoms with Gasteiger partial charge in [0.1, 0.15) is 5.82 Å². The molecule has 1 heterocycles. The molecule has 1 N–H and O–H groups in total. The lowest BCUT2D eigenvalue weighted by Crippen LogP contribution is -2.10. The summed E-state index contributed by atoms with van der Waals surface area (Å²) >= 11 is 0. The minimum absolute atomic E-state index is 0.441. The van der Waals surface area contributed by atoms with Crippen LogP contribution in [-0.4, -0.2) is 28.1 Å². The van der Waals surface area contributed by atoms with Crippen molar-refractivity contribution in [2.45, 2.75) is 52.9 Å². The molecule has 0 atom stereocenters. The summed E-state index contributed by atoms with van der Waals surface area (Å²) in [5, 5.41) is 3.19. The summed E-state index contributed by atoms with van der Waals surface area (Å²) in [6.07, 6.45) is 5.09. The van der Waals surface area contributed by atoms with Crippen LogP contribution in [0.3, 0.4) is 0 Å². The fraction of sp³-hybridized carbons (Fsp3) is 0.769. The lowest BCUT2D eigenvalue weighted by Gasteiger charge is -2.08. The zero-order valence-corrected chi connectivity index (χ0v) is 11.7. The standard InChI is InChI=1S/C13H24N4O/c1-4-7-8-11-15-12(14-9-5-2)17-13(16-11)18-10-6-3/h4-10H2,1-3H3,(H,14,15,16,17). The Morgan fingerprint density at radius 1 is 1.00 bits per heavy atom. The molecular weight excluding hydrogens is 228 g/mol. The van der Waals surface area contributed by atoms with Crippen molar-refractivity contribution in [2.24, 2.45) is 0 Å². The molecule has 5 nitrogen and oxygen atoms in total. The molecule has 0 unspecified atom stereocenters. The number of hydrogen-bond donors (Lipinski definition) is 1. The van der Waals surface area contributed by atoms with Crippen LogP contribution in [0.4, 0.5) is 5.95 Å². The molecule has 0 aliphatic carbocycles. The molecule has 0 bridgehead atoms. The second-order valence-corrected chi connectivity index (χ2v) is 4.24. The number of aryl methyl sites for hydroxylation is 1. The monoisotopic (exact) mass is 252 g/mol. The quantitative estimate of drug-likeness (QED) is 0.732. The van der Waals surface area contributed by atoms with Crippen molar-refractivity contribution >= 4 is 5.95 Å². The Morgan fingerprint density at radius 3 is 2.50 bits per heavy atom. The number of aromatic nitrogens is 3. The highest BCUT2D eigenvalue weighted by molar-refractivity contribution is 5.25. The Morgan fingerprint density at radius 2 is 1.83 bits per heavy atom. The second-order valence-electron chi connectivity index (χ2n) is 4.24. The van der Waals surface area contributed by atoms with Gasteiger partial charge in [-0.25, -0.2) is 0 Å². The molecule has 1 aromatic heterocycles. The Labute approximate surface area is 109 Å². The van der Waals surface area contributed by atoms with E-state index in [9.17, 15) is 0 Å². The minimum atomic E-state index is 0.441. The maximum atomic E-state index is 5.49. The summed E-state index contributed by atoms with van der Waals surface area (Å²) in [7, 11) is 0. The molecule has 1 aromatic rings. The molecule has 1 rings (SSSR count). The average Bonchev–Trinajstić information content (AvgIpc) is 2.40. The predicted molar refractivity (Wildman–Crippen MR) is 73.0 cm³/mol. The molecule has 18 heavy (non-hydrogen) atoms. The SMILES string of the molecule is CCCCc1nc(NCCC)nc(OCCC)n1. The van der Waals surface area contributed by atoms with Gasteiger partial charge in [-0.05, 0) is 19.3 Å². The van der Waals surface area contributed by atoms with E-state index < -0.39 is 0 Å². The molecule has 0 amide bonds. The van der Waals surface area contributed by atoms with E-state index in [1.54, 1.807) is 0 Å². The molecule has 0 spiro atoms. The summed E-state index contributed by atoms with van der Waals surface area (Å²) < 4.78 is 5.49. The zero-order valence-electron chi connectivity index (χ0n) is 11.7. The van der Waals surface area contributed by atoms with Gasteiger partial charge in [0.05, 0.1) is 6.61 Å². The zero-order chi connectivity index (χ0) is 13.2. The third-order valence-corrected chi connectivity index (χ3v) is 2.38. The van der Waals surface area contributed by atoms with Crippen LogP contribution in [-0.2, 0) is 6.42 Å². The van der Waals surface area contributed by atoms with Crippen molar-refractivity contribution in [1.82, 2.24) is 15.0 Å². The third kappa shape index (κ3) is 5.29. The molecule has 0 aliphatic rings. The fourth-order valence-corrected chi connectivity index (χ4v) is 1.42. The molecular formula is C13H24N4O. The van der Waals surface area contributed by atoms with E-state index in [1.165, 1.54) is 0 Å². The number of unbranched alkanes of at least 4 members (excludes halogenated alkanes) is 1. The number of anilines is 1. The Hall–Kier alpha value is -1.39. The smallest absolute Gasteiger partial charge is 0.321 e. The van der Waals surface area contributed by atoms with E-state index in [1.807, 2.05) is 0 Å². The van der Waals surface area contributed by atoms with Crippen LogP contribution in [0.5, 0.6) is 6.01 Å². The van der Waals surface area contributed by atoms with Gasteiger partial charge in [-0.1, -0.05) is 27.2 Å². The van der Waals surface area contributed by atoms with Gasteiger partial charge < -0.3 is 10.1 Å². The minimum Gasteiger partial charge on any atom is -0.463 e. The number of rotatable bonds is 9. The Bertz CT molecular complexity index is 279. The molecule has 0 aromatic carbocycles. The van der Waals surface area contributed by atoms with Crippen LogP contribution < -0.4 is 10.1 Å². The van der Waals surface area contributed by atoms with Crippen molar-refractivity contribution in [3.05, 3.63) is 5.82 Å². The van der Waals surface area contributed by atoms with E-state index in [2.05, 4.69) is 41.0 Å². The van der Waals surface area contributed by atoms with Gasteiger partial charge in [0.15, 0.2) is 0 Å². The van der Waals surface area contributed by atoms with E-state index in [-0.39, 0.29) is 0 Å². The topological polar surface area (TPSA) is 59.9 Å². The first-order valence-electron chi connectivity index (χ1n) is 6.91. The van der Waals surface area contributed by atoms with Crippen LogP contribution in [0, 0.1) is 0 Å². The molecule has 0 aliphatic heterocycles. The van der Waals surface area contributed by atoms with E-state index >= 15 is 0 Å². The lowest BCUT2D eigenvalue weighted by atomic mass is 10.2. The number of nitrogens with one attached hydrogen (secondary N) is 1. The summed E-state index contributed by atoms with van der Waals surface area (Å²) in [6.45, 7) is 7.84. The molecule has 5 heteroatoms. The Kier molecular flexibility index (Phi) is 7.06. The van der Waals surface area contributed by atoms with Crippen LogP contribution in [0.1, 0.15) is 52.3 Å². The first-order valence-corrected chi connectivity index (χ1v) is 6.91. The van der Waals surface area contributed by atoms with Crippen molar-refractivity contribution < 1.29 is 4.74 Å². The highest BCUT2D eigenvalue weighted by Crippen LogP contribution is 2.10. The van der Waals surface area contributed by atoms with E-state index in [0.29, 0.717) is 18.6 Å². The first-order chi connectivity index (χ1) is 8.80. The Balaban J connectivity index is 2.74. The van der Waals surface area contributed by atoms with Gasteiger partial charge in [0.2, 0.25) is 5.95 Å². The van der Waals surface area contributed by atoms with Crippen LogP contribution in [0.15, 0.2) is 0 Å². The highest BCUT2D eigenvalue weighted by Gasteiger charge is 2.06. The van der Waals surface area contributed by atoms with Gasteiger partial charge in [0.25, 0.3) is 0 Å². The summed E-state index contributed by atoms with van der Waals surface area (Å²) in [5.74, 6) is 1.45. The number of ether oxygens (including phenoxy) is 1. The molecule has 0 radical (unpaired) electrons. The van der Waals surface area contributed by atoms with Gasteiger partial charge >= 0.3 is 6.01 Å². The van der Waals surface area contributed by atoms with Gasteiger partial charge in [0, 0.05) is 13.0 Å². The van der Waals surface area contributed by atoms with Crippen molar-refractivity contribution in [3.8, 4) is 6.01 Å². The third-order valence-electron chi connectivity index (χ3n) is 2.38. The largest absolute Gasteiger partial charge is 0.463 e. The van der Waals surface area contributed by atoms with E-state index in [4.69, 9.17) is 4.74 Å². The predicted octanol–water partition coefficient (Wildman–Crippen LogP) is 2.82. The molecule has 102 valence electrons. The summed E-state index contributed by atoms with van der Waals surface area (Å²) in [4.78, 5) is 13.0. The van der Waals surface area contributed by atoms with Crippen molar-refractivity contribution in [3.63, 3.8) is 0 Å². The maximum absolute atomic E-state index is 5.49. The first kappa shape index (κ1) is 14.7. The molecule has 0 fully saturated rings. The van der Waals surface area contributed by atoms with E-state index in [0.717, 1.165) is 44.5 Å². The maximum Gasteiger partial charge on any atom is 0.321 e. The van der Waals surface area contributed by atoms with Gasteiger partial charge in [-0.15, -0.1) is 0 Å². The van der Waals surface area contributed by atoms with Crippen LogP contribution in [0.25, 0.3) is 0 Å². The van der Waals surface area contributed by atoms with Crippen molar-refractivity contribution in [1.29, 1.82) is 0 Å². The molecule has 0 saturated heterocycles. The van der Waals surface area contributed by atoms with Crippen LogP contribution >= 0.6 is 0 Å². The highest BCUT2D eigenvalue weighted by atomic mass is 16.5. The van der Waals surface area contributed by atoms with Crippen LogP contribution in [0.2, 0.25) is 0 Å². The normalized spacial score (nSPS) is 10.4. The summed E-state index contributed by atoms with van der Waals surface area (Å²) in [6, 6.07) is 0.441. The summed E-state index contributed by atoms with van der Waals surface area (Å²) in [5.41, 5.74) is 0. The number of nitrogens with zero attached hydrogens (tertiary/aromatic N) is 3. The fourth-order valence-electron chi connectivity index (χ4n) is 1.42. The average molecular weight is 252 g/mol. The molecule has 0 saturated carbocycles. The van der Waals surface area contributed by atoms with Gasteiger partial charge in [-0.2, -0.15) is 15.0 Å². The van der Waals surface area contributed by atoms with Crippen molar-refractivity contribution in [2.75, 3.05) is 18.5 Å². The lowest BCUT2D eigenvalue weighted by molar-refractivity contribution is 0.290.